The average molecular weight is 263 g/mol. The summed E-state index contributed by atoms with van der Waals surface area (Å²) in [5.41, 5.74) is 2.63. The molecule has 3 aromatic rings. The van der Waals surface area contributed by atoms with Gasteiger partial charge in [-0.1, -0.05) is 65.8 Å². The van der Waals surface area contributed by atoms with E-state index in [9.17, 15) is 4.79 Å². The van der Waals surface area contributed by atoms with Gasteiger partial charge in [0.2, 0.25) is 0 Å². The van der Waals surface area contributed by atoms with Crippen molar-refractivity contribution in [2.24, 2.45) is 0 Å². The third-order valence-electron chi connectivity index (χ3n) is 3.16. The average Bonchev–Trinajstić information content (AvgIpc) is 2.90. The lowest BCUT2D eigenvalue weighted by Gasteiger charge is -2.02. The van der Waals surface area contributed by atoms with Crippen molar-refractivity contribution >= 4 is 5.78 Å². The summed E-state index contributed by atoms with van der Waals surface area (Å²) >= 11 is 0. The van der Waals surface area contributed by atoms with Gasteiger partial charge in [0.05, 0.1) is 11.3 Å². The van der Waals surface area contributed by atoms with E-state index in [1.54, 1.807) is 19.1 Å². The van der Waals surface area contributed by atoms with Gasteiger partial charge in [0.1, 0.15) is 0 Å². The first-order valence-corrected chi connectivity index (χ1v) is 6.39. The first-order chi connectivity index (χ1) is 9.77. The minimum absolute atomic E-state index is 0.0665. The molecule has 0 atom stereocenters. The van der Waals surface area contributed by atoms with Gasteiger partial charge < -0.3 is 4.52 Å². The molecule has 2 aromatic carbocycles. The van der Waals surface area contributed by atoms with E-state index in [4.69, 9.17) is 4.52 Å². The highest BCUT2D eigenvalue weighted by atomic mass is 16.5. The van der Waals surface area contributed by atoms with Crippen LogP contribution in [0.15, 0.2) is 65.2 Å². The molecule has 0 amide bonds. The Kier molecular flexibility index (Phi) is 3.17. The zero-order valence-electron chi connectivity index (χ0n) is 11.0. The summed E-state index contributed by atoms with van der Waals surface area (Å²) in [6.07, 6.45) is 0. The van der Waals surface area contributed by atoms with Crippen LogP contribution in [-0.2, 0) is 0 Å². The fraction of sp³-hybridized carbons (Fsp3) is 0.0588. The molecule has 0 saturated carbocycles. The van der Waals surface area contributed by atoms with E-state index in [-0.39, 0.29) is 5.78 Å². The molecule has 3 nitrogen and oxygen atoms in total. The highest BCUT2D eigenvalue weighted by Crippen LogP contribution is 2.27. The minimum atomic E-state index is -0.0665. The first kappa shape index (κ1) is 12.4. The number of carbonyl (C=O) groups excluding carboxylic acids is 1. The topological polar surface area (TPSA) is 43.1 Å². The fourth-order valence-electron chi connectivity index (χ4n) is 2.16. The molecular weight excluding hydrogens is 250 g/mol. The Morgan fingerprint density at radius 1 is 0.950 bits per heavy atom. The van der Waals surface area contributed by atoms with Gasteiger partial charge in [0.25, 0.3) is 0 Å². The van der Waals surface area contributed by atoms with Crippen LogP contribution in [0, 0.1) is 6.92 Å². The van der Waals surface area contributed by atoms with Crippen molar-refractivity contribution in [3.8, 4) is 11.3 Å². The number of carbonyl (C=O) groups is 1. The molecule has 0 aliphatic rings. The van der Waals surface area contributed by atoms with Crippen molar-refractivity contribution in [1.29, 1.82) is 0 Å². The number of nitrogens with zero attached hydrogens (tertiary/aromatic N) is 1. The highest BCUT2D eigenvalue weighted by molar-refractivity contribution is 6.12. The molecule has 0 aliphatic carbocycles. The Labute approximate surface area is 116 Å². The van der Waals surface area contributed by atoms with E-state index in [1.165, 1.54) is 0 Å². The van der Waals surface area contributed by atoms with E-state index >= 15 is 0 Å². The van der Waals surface area contributed by atoms with Crippen LogP contribution < -0.4 is 0 Å². The molecular formula is C17H13NO2. The molecule has 0 aliphatic heterocycles. The zero-order valence-corrected chi connectivity index (χ0v) is 11.0. The summed E-state index contributed by atoms with van der Waals surface area (Å²) in [7, 11) is 0. The van der Waals surface area contributed by atoms with Gasteiger partial charge in [0, 0.05) is 11.1 Å². The van der Waals surface area contributed by atoms with Crippen LogP contribution >= 0.6 is 0 Å². The Bertz CT molecular complexity index is 730. The van der Waals surface area contributed by atoms with E-state index in [0.29, 0.717) is 22.6 Å². The third-order valence-corrected chi connectivity index (χ3v) is 3.16. The Balaban J connectivity index is 2.11. The summed E-state index contributed by atoms with van der Waals surface area (Å²) in [5.74, 6) is 0.458. The van der Waals surface area contributed by atoms with E-state index < -0.39 is 0 Å². The standard InChI is InChI=1S/C17H13NO2/c1-12-15(16(19)13-8-4-2-5-9-13)17(20-18-12)14-10-6-3-7-11-14/h2-11H,1H3. The van der Waals surface area contributed by atoms with E-state index in [0.717, 1.165) is 5.56 Å². The maximum Gasteiger partial charge on any atom is 0.198 e. The molecule has 0 saturated heterocycles. The monoisotopic (exact) mass is 263 g/mol. The second-order valence-electron chi connectivity index (χ2n) is 4.53. The van der Waals surface area contributed by atoms with Crippen LogP contribution in [0.4, 0.5) is 0 Å². The summed E-state index contributed by atoms with van der Waals surface area (Å²) in [4.78, 5) is 12.6. The summed E-state index contributed by atoms with van der Waals surface area (Å²) in [6, 6.07) is 18.7. The van der Waals surface area contributed by atoms with E-state index in [2.05, 4.69) is 5.16 Å². The molecule has 3 rings (SSSR count). The number of rotatable bonds is 3. The SMILES string of the molecule is Cc1noc(-c2ccccc2)c1C(=O)c1ccccc1. The molecule has 1 aromatic heterocycles. The minimum Gasteiger partial charge on any atom is -0.355 e. The molecule has 3 heteroatoms. The van der Waals surface area contributed by atoms with Crippen LogP contribution in [0.3, 0.4) is 0 Å². The lowest BCUT2D eigenvalue weighted by atomic mass is 9.99. The molecule has 98 valence electrons. The number of benzene rings is 2. The Hall–Kier alpha value is -2.68. The van der Waals surface area contributed by atoms with Gasteiger partial charge in [0.15, 0.2) is 11.5 Å². The predicted molar refractivity (Wildman–Crippen MR) is 76.6 cm³/mol. The zero-order chi connectivity index (χ0) is 13.9. The van der Waals surface area contributed by atoms with Crippen molar-refractivity contribution in [3.63, 3.8) is 0 Å². The van der Waals surface area contributed by atoms with Crippen LogP contribution in [0.25, 0.3) is 11.3 Å². The van der Waals surface area contributed by atoms with Crippen LogP contribution in [0.2, 0.25) is 0 Å². The maximum absolute atomic E-state index is 12.6. The summed E-state index contributed by atoms with van der Waals surface area (Å²) < 4.78 is 5.35. The van der Waals surface area contributed by atoms with Crippen molar-refractivity contribution in [2.75, 3.05) is 0 Å². The number of aryl methyl sites for hydroxylation is 1. The second kappa shape index (κ2) is 5.13. The van der Waals surface area contributed by atoms with Crippen molar-refractivity contribution in [1.82, 2.24) is 5.16 Å². The van der Waals surface area contributed by atoms with Crippen LogP contribution in [0.5, 0.6) is 0 Å². The number of hydrogen-bond donors (Lipinski definition) is 0. The predicted octanol–water partition coefficient (Wildman–Crippen LogP) is 3.88. The highest BCUT2D eigenvalue weighted by Gasteiger charge is 2.22. The molecule has 0 fully saturated rings. The molecule has 0 unspecified atom stereocenters. The number of ketones is 1. The number of aromatic nitrogens is 1. The quantitative estimate of drug-likeness (QED) is 0.673. The maximum atomic E-state index is 12.6. The summed E-state index contributed by atoms with van der Waals surface area (Å²) in [6.45, 7) is 1.78. The third kappa shape index (κ3) is 2.14. The van der Waals surface area contributed by atoms with Crippen molar-refractivity contribution < 1.29 is 9.32 Å². The Morgan fingerprint density at radius 3 is 2.20 bits per heavy atom. The Morgan fingerprint density at radius 2 is 1.55 bits per heavy atom. The summed E-state index contributed by atoms with van der Waals surface area (Å²) in [5, 5.41) is 3.94. The van der Waals surface area contributed by atoms with E-state index in [1.807, 2.05) is 48.5 Å². The van der Waals surface area contributed by atoms with Gasteiger partial charge in [-0.2, -0.15) is 0 Å². The second-order valence-corrected chi connectivity index (χ2v) is 4.53. The van der Waals surface area contributed by atoms with Gasteiger partial charge in [-0.05, 0) is 6.92 Å². The normalized spacial score (nSPS) is 10.4. The smallest absolute Gasteiger partial charge is 0.198 e. The lowest BCUT2D eigenvalue weighted by Crippen LogP contribution is -2.03. The molecule has 1 heterocycles. The van der Waals surface area contributed by atoms with Crippen molar-refractivity contribution in [3.05, 3.63) is 77.5 Å². The van der Waals surface area contributed by atoms with Crippen LogP contribution in [-0.4, -0.2) is 10.9 Å². The molecule has 0 bridgehead atoms. The van der Waals surface area contributed by atoms with Gasteiger partial charge in [-0.15, -0.1) is 0 Å². The first-order valence-electron chi connectivity index (χ1n) is 6.39. The fourth-order valence-corrected chi connectivity index (χ4v) is 2.16. The lowest BCUT2D eigenvalue weighted by molar-refractivity contribution is 0.103. The largest absolute Gasteiger partial charge is 0.355 e. The molecule has 0 radical (unpaired) electrons. The van der Waals surface area contributed by atoms with Gasteiger partial charge >= 0.3 is 0 Å². The van der Waals surface area contributed by atoms with Gasteiger partial charge in [-0.3, -0.25) is 4.79 Å². The van der Waals surface area contributed by atoms with Gasteiger partial charge in [-0.25, -0.2) is 0 Å². The number of hydrogen-bond acceptors (Lipinski definition) is 3. The van der Waals surface area contributed by atoms with Crippen LogP contribution in [0.1, 0.15) is 21.6 Å². The molecule has 20 heavy (non-hydrogen) atoms. The van der Waals surface area contributed by atoms with Crippen molar-refractivity contribution in [2.45, 2.75) is 6.92 Å². The molecule has 0 spiro atoms. The molecule has 0 N–H and O–H groups in total.